The lowest BCUT2D eigenvalue weighted by Crippen LogP contribution is -2.37. The summed E-state index contributed by atoms with van der Waals surface area (Å²) in [5, 5.41) is 3.41. The van der Waals surface area contributed by atoms with Crippen LogP contribution in [0.4, 0.5) is 4.39 Å². The Morgan fingerprint density at radius 3 is 2.65 bits per heavy atom. The summed E-state index contributed by atoms with van der Waals surface area (Å²) in [6.45, 7) is 7.64. The zero-order valence-corrected chi connectivity index (χ0v) is 11.1. The third kappa shape index (κ3) is 4.44. The highest BCUT2D eigenvalue weighted by Crippen LogP contribution is 2.11. The summed E-state index contributed by atoms with van der Waals surface area (Å²) in [5.41, 5.74) is 2.12. The van der Waals surface area contributed by atoms with Crippen LogP contribution in [0.5, 0.6) is 0 Å². The Labute approximate surface area is 103 Å². The van der Waals surface area contributed by atoms with E-state index in [0.29, 0.717) is 25.1 Å². The molecule has 0 spiro atoms. The number of hydrogen-bond acceptors (Lipinski definition) is 2. The summed E-state index contributed by atoms with van der Waals surface area (Å²) >= 11 is 0. The van der Waals surface area contributed by atoms with Gasteiger partial charge in [-0.2, -0.15) is 0 Å². The number of ether oxygens (including phenoxy) is 1. The van der Waals surface area contributed by atoms with Crippen LogP contribution in [0.2, 0.25) is 0 Å². The molecule has 1 aromatic rings. The van der Waals surface area contributed by atoms with E-state index in [-0.39, 0.29) is 5.82 Å². The number of rotatable bonds is 6. The van der Waals surface area contributed by atoms with Gasteiger partial charge < -0.3 is 10.1 Å². The number of aryl methyl sites for hydroxylation is 1. The average Bonchev–Trinajstić information content (AvgIpc) is 2.28. The Hall–Kier alpha value is -0.930. The molecule has 0 heterocycles. The minimum Gasteiger partial charge on any atom is -0.383 e. The van der Waals surface area contributed by atoms with Crippen LogP contribution in [0.1, 0.15) is 25.0 Å². The van der Waals surface area contributed by atoms with E-state index in [4.69, 9.17) is 4.74 Å². The first-order chi connectivity index (χ1) is 8.04. The first-order valence-corrected chi connectivity index (χ1v) is 6.02. The predicted octanol–water partition coefficient (Wildman–Crippen LogP) is 2.89. The maximum atomic E-state index is 13.1. The van der Waals surface area contributed by atoms with Crippen molar-refractivity contribution in [1.29, 1.82) is 0 Å². The largest absolute Gasteiger partial charge is 0.383 e. The summed E-state index contributed by atoms with van der Waals surface area (Å²) in [7, 11) is 1.70. The molecule has 0 aliphatic heterocycles. The lowest BCUT2D eigenvalue weighted by atomic mass is 10.0. The fourth-order valence-electron chi connectivity index (χ4n) is 1.74. The summed E-state index contributed by atoms with van der Waals surface area (Å²) in [6, 6.07) is 5.19. The SMILES string of the molecule is COCC(NCc1cc(F)ccc1C)C(C)C. The van der Waals surface area contributed by atoms with Crippen molar-refractivity contribution in [2.75, 3.05) is 13.7 Å². The average molecular weight is 239 g/mol. The van der Waals surface area contributed by atoms with Crippen LogP contribution in [0.25, 0.3) is 0 Å². The van der Waals surface area contributed by atoms with E-state index in [9.17, 15) is 4.39 Å². The van der Waals surface area contributed by atoms with Crippen molar-refractivity contribution in [3.63, 3.8) is 0 Å². The van der Waals surface area contributed by atoms with Crippen molar-refractivity contribution < 1.29 is 9.13 Å². The van der Waals surface area contributed by atoms with E-state index in [2.05, 4.69) is 19.2 Å². The van der Waals surface area contributed by atoms with Crippen LogP contribution in [-0.4, -0.2) is 19.8 Å². The number of hydrogen-bond donors (Lipinski definition) is 1. The Bertz CT molecular complexity index is 352. The number of halogens is 1. The Morgan fingerprint density at radius 1 is 1.35 bits per heavy atom. The van der Waals surface area contributed by atoms with E-state index in [1.165, 1.54) is 6.07 Å². The van der Waals surface area contributed by atoms with Gasteiger partial charge in [0.15, 0.2) is 0 Å². The first-order valence-electron chi connectivity index (χ1n) is 6.02. The molecule has 1 rings (SSSR count). The first kappa shape index (κ1) is 14.1. The summed E-state index contributed by atoms with van der Waals surface area (Å²) in [5.74, 6) is 0.309. The summed E-state index contributed by atoms with van der Waals surface area (Å²) in [6.07, 6.45) is 0. The normalized spacial score (nSPS) is 13.1. The summed E-state index contributed by atoms with van der Waals surface area (Å²) in [4.78, 5) is 0. The molecule has 1 N–H and O–H groups in total. The molecule has 0 saturated heterocycles. The molecular formula is C14H22FNO. The third-order valence-electron chi connectivity index (χ3n) is 3.02. The van der Waals surface area contributed by atoms with E-state index < -0.39 is 0 Å². The van der Waals surface area contributed by atoms with Gasteiger partial charge in [0, 0.05) is 19.7 Å². The highest BCUT2D eigenvalue weighted by Gasteiger charge is 2.12. The van der Waals surface area contributed by atoms with Crippen molar-refractivity contribution in [2.45, 2.75) is 33.4 Å². The molecule has 0 saturated carbocycles. The van der Waals surface area contributed by atoms with Crippen molar-refractivity contribution in [3.05, 3.63) is 35.1 Å². The molecule has 0 aromatic heterocycles. The van der Waals surface area contributed by atoms with E-state index in [1.807, 2.05) is 13.0 Å². The topological polar surface area (TPSA) is 21.3 Å². The van der Waals surface area contributed by atoms with Crippen LogP contribution in [0.3, 0.4) is 0 Å². The van der Waals surface area contributed by atoms with Crippen molar-refractivity contribution >= 4 is 0 Å². The van der Waals surface area contributed by atoms with Crippen molar-refractivity contribution in [3.8, 4) is 0 Å². The van der Waals surface area contributed by atoms with E-state index >= 15 is 0 Å². The van der Waals surface area contributed by atoms with Gasteiger partial charge in [0.25, 0.3) is 0 Å². The second-order valence-electron chi connectivity index (χ2n) is 4.76. The van der Waals surface area contributed by atoms with Crippen molar-refractivity contribution in [2.24, 2.45) is 5.92 Å². The van der Waals surface area contributed by atoms with Crippen molar-refractivity contribution in [1.82, 2.24) is 5.32 Å². The molecule has 0 aliphatic carbocycles. The quantitative estimate of drug-likeness (QED) is 0.824. The third-order valence-corrected chi connectivity index (χ3v) is 3.02. The molecule has 17 heavy (non-hydrogen) atoms. The van der Waals surface area contributed by atoms with E-state index in [1.54, 1.807) is 13.2 Å². The van der Waals surface area contributed by atoms with Crippen LogP contribution >= 0.6 is 0 Å². The molecule has 96 valence electrons. The van der Waals surface area contributed by atoms with Gasteiger partial charge >= 0.3 is 0 Å². The molecule has 0 fully saturated rings. The molecule has 0 amide bonds. The van der Waals surface area contributed by atoms with Gasteiger partial charge in [0.05, 0.1) is 6.61 Å². The molecule has 0 aliphatic rings. The molecule has 1 atom stereocenters. The fourth-order valence-corrected chi connectivity index (χ4v) is 1.74. The lowest BCUT2D eigenvalue weighted by molar-refractivity contribution is 0.146. The Kier molecular flexibility index (Phi) is 5.59. The smallest absolute Gasteiger partial charge is 0.123 e. The predicted molar refractivity (Wildman–Crippen MR) is 68.5 cm³/mol. The Morgan fingerprint density at radius 2 is 2.06 bits per heavy atom. The zero-order valence-electron chi connectivity index (χ0n) is 11.1. The minimum absolute atomic E-state index is 0.180. The van der Waals surface area contributed by atoms with Crippen LogP contribution < -0.4 is 5.32 Å². The zero-order chi connectivity index (χ0) is 12.8. The van der Waals surface area contributed by atoms with Crippen LogP contribution in [0, 0.1) is 18.7 Å². The highest BCUT2D eigenvalue weighted by molar-refractivity contribution is 5.26. The number of nitrogens with one attached hydrogen (secondary N) is 1. The van der Waals surface area contributed by atoms with E-state index in [0.717, 1.165) is 11.1 Å². The monoisotopic (exact) mass is 239 g/mol. The van der Waals surface area contributed by atoms with Gasteiger partial charge in [-0.25, -0.2) is 4.39 Å². The van der Waals surface area contributed by atoms with Gasteiger partial charge in [-0.15, -0.1) is 0 Å². The minimum atomic E-state index is -0.180. The maximum absolute atomic E-state index is 13.1. The second-order valence-corrected chi connectivity index (χ2v) is 4.76. The number of methoxy groups -OCH3 is 1. The van der Waals surface area contributed by atoms with Gasteiger partial charge in [0.1, 0.15) is 5.82 Å². The van der Waals surface area contributed by atoms with Crippen LogP contribution in [-0.2, 0) is 11.3 Å². The standard InChI is InChI=1S/C14H22FNO/c1-10(2)14(9-17-4)16-8-12-7-13(15)6-5-11(12)3/h5-7,10,14,16H,8-9H2,1-4H3. The lowest BCUT2D eigenvalue weighted by Gasteiger charge is -2.22. The Balaban J connectivity index is 2.61. The van der Waals surface area contributed by atoms with Gasteiger partial charge in [0.2, 0.25) is 0 Å². The number of benzene rings is 1. The second kappa shape index (κ2) is 6.72. The van der Waals surface area contributed by atoms with Gasteiger partial charge in [-0.05, 0) is 36.1 Å². The molecule has 1 aromatic carbocycles. The molecule has 0 bridgehead atoms. The molecule has 3 heteroatoms. The van der Waals surface area contributed by atoms with Gasteiger partial charge in [-0.1, -0.05) is 19.9 Å². The molecule has 2 nitrogen and oxygen atoms in total. The van der Waals surface area contributed by atoms with Crippen LogP contribution in [0.15, 0.2) is 18.2 Å². The highest BCUT2D eigenvalue weighted by atomic mass is 19.1. The molecular weight excluding hydrogens is 217 g/mol. The summed E-state index contributed by atoms with van der Waals surface area (Å²) < 4.78 is 18.3. The van der Waals surface area contributed by atoms with Gasteiger partial charge in [-0.3, -0.25) is 0 Å². The molecule has 0 radical (unpaired) electrons. The molecule has 1 unspecified atom stereocenters. The maximum Gasteiger partial charge on any atom is 0.123 e. The fraction of sp³-hybridized carbons (Fsp3) is 0.571.